The molecule has 0 spiro atoms. The predicted molar refractivity (Wildman–Crippen MR) is 61.9 cm³/mol. The van der Waals surface area contributed by atoms with Crippen molar-refractivity contribution in [2.24, 2.45) is 0 Å². The average Bonchev–Trinajstić information content (AvgIpc) is 2.29. The highest BCUT2D eigenvalue weighted by atomic mass is 16.5. The molecule has 17 heavy (non-hydrogen) atoms. The van der Waals surface area contributed by atoms with Crippen molar-refractivity contribution < 1.29 is 14.6 Å². The molecule has 6 nitrogen and oxygen atoms in total. The Balaban J connectivity index is 2.66. The molecule has 94 valence electrons. The summed E-state index contributed by atoms with van der Waals surface area (Å²) in [5.41, 5.74) is -0.0455. The van der Waals surface area contributed by atoms with Gasteiger partial charge in [0, 0.05) is 31.5 Å². The topological polar surface area (TPSA) is 91.4 Å². The Kier molecular flexibility index (Phi) is 5.38. The minimum Gasteiger partial charge on any atom is -0.396 e. The van der Waals surface area contributed by atoms with Crippen LogP contribution in [-0.2, 0) is 4.74 Å². The summed E-state index contributed by atoms with van der Waals surface area (Å²) < 4.78 is 4.92. The van der Waals surface area contributed by atoms with E-state index in [0.29, 0.717) is 13.0 Å². The van der Waals surface area contributed by atoms with Crippen LogP contribution in [0.25, 0.3) is 0 Å². The number of carbonyl (C=O) groups is 1. The van der Waals surface area contributed by atoms with E-state index in [4.69, 9.17) is 9.84 Å². The minimum atomic E-state index is -0.355. The van der Waals surface area contributed by atoms with Crippen LogP contribution in [0.3, 0.4) is 0 Å². The molecular formula is C11H16N2O4. The number of H-pyrrole nitrogens is 1. The summed E-state index contributed by atoms with van der Waals surface area (Å²) in [4.78, 5) is 25.2. The molecule has 1 aromatic heterocycles. The molecule has 3 N–H and O–H groups in total. The molecule has 6 heteroatoms. The Hall–Kier alpha value is -1.66. The number of rotatable bonds is 6. The summed E-state index contributed by atoms with van der Waals surface area (Å²) in [7, 11) is 1.52. The quantitative estimate of drug-likeness (QED) is 0.625. The molecule has 0 aliphatic rings. The largest absolute Gasteiger partial charge is 0.396 e. The molecule has 1 rings (SSSR count). The number of hydrogen-bond donors (Lipinski definition) is 3. The van der Waals surface area contributed by atoms with Crippen molar-refractivity contribution in [1.29, 1.82) is 0 Å². The second kappa shape index (κ2) is 6.82. The van der Waals surface area contributed by atoms with Gasteiger partial charge >= 0.3 is 0 Å². The number of amides is 1. The number of aliphatic hydroxyl groups is 1. The SMILES string of the molecule is COCC(CCO)NC(=O)c1cc[nH]c(=O)c1. The van der Waals surface area contributed by atoms with E-state index < -0.39 is 0 Å². The third-order valence-electron chi connectivity index (χ3n) is 2.22. The van der Waals surface area contributed by atoms with Gasteiger partial charge in [-0.1, -0.05) is 0 Å². The highest BCUT2D eigenvalue weighted by Gasteiger charge is 2.13. The molecule has 0 fully saturated rings. The van der Waals surface area contributed by atoms with Crippen LogP contribution in [0.2, 0.25) is 0 Å². The number of ether oxygens (including phenoxy) is 1. The maximum absolute atomic E-state index is 11.8. The summed E-state index contributed by atoms with van der Waals surface area (Å²) in [5.74, 6) is -0.355. The number of hydrogen-bond acceptors (Lipinski definition) is 4. The van der Waals surface area contributed by atoms with Crippen LogP contribution < -0.4 is 10.9 Å². The Morgan fingerprint density at radius 2 is 2.41 bits per heavy atom. The number of aromatic amines is 1. The number of aromatic nitrogens is 1. The maximum atomic E-state index is 11.8. The first-order valence-electron chi connectivity index (χ1n) is 5.26. The number of nitrogens with one attached hydrogen (secondary N) is 2. The molecular weight excluding hydrogens is 224 g/mol. The summed E-state index contributed by atoms with van der Waals surface area (Å²) in [6, 6.07) is 2.47. The van der Waals surface area contributed by atoms with Crippen molar-refractivity contribution in [3.63, 3.8) is 0 Å². The zero-order valence-electron chi connectivity index (χ0n) is 9.60. The fraction of sp³-hybridized carbons (Fsp3) is 0.455. The van der Waals surface area contributed by atoms with E-state index in [0.717, 1.165) is 0 Å². The lowest BCUT2D eigenvalue weighted by molar-refractivity contribution is 0.0878. The van der Waals surface area contributed by atoms with E-state index in [1.54, 1.807) is 0 Å². The smallest absolute Gasteiger partial charge is 0.251 e. The van der Waals surface area contributed by atoms with Gasteiger partial charge in [0.1, 0.15) is 0 Å². The highest BCUT2D eigenvalue weighted by Crippen LogP contribution is 1.97. The van der Waals surface area contributed by atoms with Gasteiger partial charge in [0.25, 0.3) is 5.91 Å². The molecule has 0 saturated heterocycles. The number of methoxy groups -OCH3 is 1. The lowest BCUT2D eigenvalue weighted by Crippen LogP contribution is -2.39. The van der Waals surface area contributed by atoms with Gasteiger partial charge in [0.2, 0.25) is 5.56 Å². The Labute approximate surface area is 98.6 Å². The Bertz CT molecular complexity index is 410. The van der Waals surface area contributed by atoms with Crippen molar-refractivity contribution in [3.8, 4) is 0 Å². The van der Waals surface area contributed by atoms with Crippen LogP contribution in [0.5, 0.6) is 0 Å². The molecule has 0 aromatic carbocycles. The highest BCUT2D eigenvalue weighted by molar-refractivity contribution is 5.94. The Morgan fingerprint density at radius 3 is 3.00 bits per heavy atom. The van der Waals surface area contributed by atoms with Crippen molar-refractivity contribution >= 4 is 5.91 Å². The van der Waals surface area contributed by atoms with Gasteiger partial charge in [-0.25, -0.2) is 0 Å². The summed E-state index contributed by atoms with van der Waals surface area (Å²) in [6.07, 6.45) is 1.82. The lowest BCUT2D eigenvalue weighted by Gasteiger charge is -2.16. The molecule has 0 saturated carbocycles. The molecule has 0 aliphatic carbocycles. The zero-order valence-corrected chi connectivity index (χ0v) is 9.60. The third-order valence-corrected chi connectivity index (χ3v) is 2.22. The first-order valence-corrected chi connectivity index (χ1v) is 5.26. The molecule has 0 bridgehead atoms. The van der Waals surface area contributed by atoms with Gasteiger partial charge in [-0.15, -0.1) is 0 Å². The van der Waals surface area contributed by atoms with Crippen LogP contribution in [0.1, 0.15) is 16.8 Å². The Morgan fingerprint density at radius 1 is 1.65 bits per heavy atom. The van der Waals surface area contributed by atoms with Crippen molar-refractivity contribution in [2.75, 3.05) is 20.3 Å². The van der Waals surface area contributed by atoms with Gasteiger partial charge in [-0.3, -0.25) is 9.59 Å². The molecule has 1 heterocycles. The van der Waals surface area contributed by atoms with Crippen LogP contribution in [0.15, 0.2) is 23.1 Å². The summed E-state index contributed by atoms with van der Waals surface area (Å²) in [6.45, 7) is 0.277. The molecule has 1 aromatic rings. The predicted octanol–water partition coefficient (Wildman–Crippen LogP) is -0.498. The van der Waals surface area contributed by atoms with E-state index in [1.165, 1.54) is 25.4 Å². The van der Waals surface area contributed by atoms with Crippen molar-refractivity contribution in [2.45, 2.75) is 12.5 Å². The van der Waals surface area contributed by atoms with Gasteiger partial charge in [0.15, 0.2) is 0 Å². The molecule has 0 radical (unpaired) electrons. The fourth-order valence-corrected chi connectivity index (χ4v) is 1.41. The van der Waals surface area contributed by atoms with E-state index in [9.17, 15) is 9.59 Å². The van der Waals surface area contributed by atoms with Crippen molar-refractivity contribution in [3.05, 3.63) is 34.2 Å². The second-order valence-electron chi connectivity index (χ2n) is 3.58. The number of carbonyl (C=O) groups excluding carboxylic acids is 1. The first kappa shape index (κ1) is 13.4. The lowest BCUT2D eigenvalue weighted by atomic mass is 10.2. The fourth-order valence-electron chi connectivity index (χ4n) is 1.41. The normalized spacial score (nSPS) is 12.1. The van der Waals surface area contributed by atoms with Crippen LogP contribution in [-0.4, -0.2) is 42.4 Å². The van der Waals surface area contributed by atoms with Crippen LogP contribution in [0.4, 0.5) is 0 Å². The van der Waals surface area contributed by atoms with E-state index >= 15 is 0 Å². The third kappa shape index (κ3) is 4.38. The molecule has 0 aliphatic heterocycles. The second-order valence-corrected chi connectivity index (χ2v) is 3.58. The number of pyridine rings is 1. The van der Waals surface area contributed by atoms with Gasteiger partial charge in [0.05, 0.1) is 12.6 Å². The van der Waals surface area contributed by atoms with Gasteiger partial charge < -0.3 is 20.1 Å². The zero-order chi connectivity index (χ0) is 12.7. The minimum absolute atomic E-state index is 0.0380. The van der Waals surface area contributed by atoms with E-state index in [2.05, 4.69) is 10.3 Å². The molecule has 1 atom stereocenters. The standard InChI is InChI=1S/C11H16N2O4/c1-17-7-9(3-5-14)13-11(16)8-2-4-12-10(15)6-8/h2,4,6,9,14H,3,5,7H2,1H3,(H,12,15)(H,13,16). The first-order chi connectivity index (χ1) is 8.17. The average molecular weight is 240 g/mol. The molecule has 1 unspecified atom stereocenters. The maximum Gasteiger partial charge on any atom is 0.251 e. The monoisotopic (exact) mass is 240 g/mol. The van der Waals surface area contributed by atoms with Crippen LogP contribution in [0, 0.1) is 0 Å². The van der Waals surface area contributed by atoms with Crippen LogP contribution >= 0.6 is 0 Å². The van der Waals surface area contributed by atoms with E-state index in [-0.39, 0.29) is 29.7 Å². The van der Waals surface area contributed by atoms with Crippen molar-refractivity contribution in [1.82, 2.24) is 10.3 Å². The summed E-state index contributed by atoms with van der Waals surface area (Å²) in [5, 5.41) is 11.5. The van der Waals surface area contributed by atoms with E-state index in [1.807, 2.05) is 0 Å². The summed E-state index contributed by atoms with van der Waals surface area (Å²) >= 11 is 0. The van der Waals surface area contributed by atoms with Gasteiger partial charge in [-0.05, 0) is 12.5 Å². The number of aliphatic hydroxyl groups excluding tert-OH is 1. The molecule has 1 amide bonds. The van der Waals surface area contributed by atoms with Gasteiger partial charge in [-0.2, -0.15) is 0 Å².